The van der Waals surface area contributed by atoms with E-state index in [2.05, 4.69) is 10.4 Å². The number of nitrogens with one attached hydrogen (secondary N) is 1. The summed E-state index contributed by atoms with van der Waals surface area (Å²) >= 11 is 0. The molecule has 0 unspecified atom stereocenters. The van der Waals surface area contributed by atoms with E-state index >= 15 is 0 Å². The lowest BCUT2D eigenvalue weighted by atomic mass is 10.0. The molecule has 7 heteroatoms. The number of carbonyl (C=O) groups is 2. The summed E-state index contributed by atoms with van der Waals surface area (Å²) in [5.41, 5.74) is 2.40. The van der Waals surface area contributed by atoms with E-state index in [1.807, 2.05) is 36.5 Å². The molecule has 0 aliphatic carbocycles. The lowest BCUT2D eigenvalue weighted by Gasteiger charge is -2.32. The first-order valence-corrected chi connectivity index (χ1v) is 9.39. The number of likely N-dealkylation sites (tertiary alicyclic amines) is 1. The van der Waals surface area contributed by atoms with Gasteiger partial charge in [0.2, 0.25) is 5.91 Å². The van der Waals surface area contributed by atoms with Gasteiger partial charge in [-0.2, -0.15) is 5.10 Å². The fourth-order valence-corrected chi connectivity index (χ4v) is 3.43. The number of piperidine rings is 1. The fourth-order valence-electron chi connectivity index (χ4n) is 3.43. The molecule has 1 N–H and O–H groups in total. The lowest BCUT2D eigenvalue weighted by Crippen LogP contribution is -2.46. The van der Waals surface area contributed by atoms with Gasteiger partial charge in [0, 0.05) is 25.3 Å². The van der Waals surface area contributed by atoms with Gasteiger partial charge in [-0.1, -0.05) is 18.2 Å². The first kappa shape index (κ1) is 18.0. The molecule has 1 aliphatic heterocycles. The van der Waals surface area contributed by atoms with Crippen molar-refractivity contribution in [2.45, 2.75) is 25.3 Å². The van der Waals surface area contributed by atoms with Crippen molar-refractivity contribution in [2.24, 2.45) is 0 Å². The smallest absolute Gasteiger partial charge is 0.257 e. The molecule has 28 heavy (non-hydrogen) atoms. The normalized spacial score (nSPS) is 14.8. The first-order valence-electron chi connectivity index (χ1n) is 9.39. The summed E-state index contributed by atoms with van der Waals surface area (Å²) in [6.07, 6.45) is 8.35. The van der Waals surface area contributed by atoms with Crippen LogP contribution in [0.3, 0.4) is 0 Å². The third-order valence-electron chi connectivity index (χ3n) is 4.94. The average molecular weight is 378 g/mol. The standard InChI is InChI=1S/C21H22N4O3/c26-20(12-16-13-22-25(14-16)19-4-2-1-3-5-19)23-18-6-9-24(10-7-18)21(27)17-8-11-28-15-17/h1-5,8,11,13-15,18H,6-7,9-10,12H2,(H,23,26). The van der Waals surface area contributed by atoms with Crippen LogP contribution in [0, 0.1) is 0 Å². The maximum Gasteiger partial charge on any atom is 0.257 e. The van der Waals surface area contributed by atoms with E-state index in [-0.39, 0.29) is 17.9 Å². The lowest BCUT2D eigenvalue weighted by molar-refractivity contribution is -0.121. The van der Waals surface area contributed by atoms with Gasteiger partial charge < -0.3 is 14.6 Å². The number of amides is 2. The van der Waals surface area contributed by atoms with E-state index in [4.69, 9.17) is 4.42 Å². The highest BCUT2D eigenvalue weighted by atomic mass is 16.3. The van der Waals surface area contributed by atoms with Crippen molar-refractivity contribution in [3.8, 4) is 5.69 Å². The van der Waals surface area contributed by atoms with Crippen LogP contribution >= 0.6 is 0 Å². The molecule has 0 saturated carbocycles. The van der Waals surface area contributed by atoms with Gasteiger partial charge in [0.25, 0.3) is 5.91 Å². The third-order valence-corrected chi connectivity index (χ3v) is 4.94. The molecule has 144 valence electrons. The van der Waals surface area contributed by atoms with Gasteiger partial charge >= 0.3 is 0 Å². The van der Waals surface area contributed by atoms with E-state index in [1.54, 1.807) is 21.8 Å². The number of benzene rings is 1. The second-order valence-corrected chi connectivity index (χ2v) is 6.95. The number of carbonyl (C=O) groups excluding carboxylic acids is 2. The van der Waals surface area contributed by atoms with Gasteiger partial charge in [-0.3, -0.25) is 9.59 Å². The van der Waals surface area contributed by atoms with Gasteiger partial charge in [0.05, 0.1) is 30.1 Å². The Hall–Kier alpha value is -3.35. The van der Waals surface area contributed by atoms with Crippen LogP contribution in [0.2, 0.25) is 0 Å². The molecule has 4 rings (SSSR count). The maximum atomic E-state index is 12.4. The molecule has 1 aliphatic rings. The molecule has 0 radical (unpaired) electrons. The molecule has 0 bridgehead atoms. The van der Waals surface area contributed by atoms with Crippen molar-refractivity contribution >= 4 is 11.8 Å². The van der Waals surface area contributed by atoms with E-state index in [0.29, 0.717) is 25.1 Å². The van der Waals surface area contributed by atoms with E-state index in [1.165, 1.54) is 12.5 Å². The van der Waals surface area contributed by atoms with Crippen LogP contribution in [0.5, 0.6) is 0 Å². The summed E-state index contributed by atoms with van der Waals surface area (Å²) in [4.78, 5) is 26.5. The van der Waals surface area contributed by atoms with Crippen molar-refractivity contribution in [1.29, 1.82) is 0 Å². The molecular formula is C21H22N4O3. The molecule has 1 aromatic carbocycles. The minimum absolute atomic E-state index is 0.0211. The summed E-state index contributed by atoms with van der Waals surface area (Å²) in [5, 5.41) is 7.40. The highest BCUT2D eigenvalue weighted by molar-refractivity contribution is 5.93. The molecule has 1 fully saturated rings. The van der Waals surface area contributed by atoms with Crippen molar-refractivity contribution in [3.05, 3.63) is 72.4 Å². The molecule has 1 saturated heterocycles. The Morgan fingerprint density at radius 2 is 1.93 bits per heavy atom. The second kappa shape index (κ2) is 8.12. The van der Waals surface area contributed by atoms with E-state index in [9.17, 15) is 9.59 Å². The fraction of sp³-hybridized carbons (Fsp3) is 0.286. The summed E-state index contributed by atoms with van der Waals surface area (Å²) < 4.78 is 6.74. The molecule has 7 nitrogen and oxygen atoms in total. The SMILES string of the molecule is O=C(Cc1cnn(-c2ccccc2)c1)NC1CCN(C(=O)c2ccoc2)CC1. The first-order chi connectivity index (χ1) is 13.7. The highest BCUT2D eigenvalue weighted by Crippen LogP contribution is 2.15. The largest absolute Gasteiger partial charge is 0.472 e. The second-order valence-electron chi connectivity index (χ2n) is 6.95. The van der Waals surface area contributed by atoms with Gasteiger partial charge in [0.1, 0.15) is 6.26 Å². The number of rotatable bonds is 5. The van der Waals surface area contributed by atoms with Crippen molar-refractivity contribution in [3.63, 3.8) is 0 Å². The van der Waals surface area contributed by atoms with Crippen molar-refractivity contribution in [1.82, 2.24) is 20.0 Å². The zero-order valence-corrected chi connectivity index (χ0v) is 15.5. The Labute approximate surface area is 162 Å². The van der Waals surface area contributed by atoms with Gasteiger partial charge in [0.15, 0.2) is 0 Å². The molecule has 2 aromatic heterocycles. The van der Waals surface area contributed by atoms with Gasteiger partial charge in [-0.15, -0.1) is 0 Å². The maximum absolute atomic E-state index is 12.4. The predicted molar refractivity (Wildman–Crippen MR) is 103 cm³/mol. The van der Waals surface area contributed by atoms with Crippen LogP contribution < -0.4 is 5.32 Å². The Morgan fingerprint density at radius 3 is 2.64 bits per heavy atom. The Morgan fingerprint density at radius 1 is 1.14 bits per heavy atom. The molecule has 0 spiro atoms. The Bertz CT molecular complexity index is 926. The number of hydrogen-bond donors (Lipinski definition) is 1. The molecule has 3 aromatic rings. The number of para-hydroxylation sites is 1. The zero-order chi connectivity index (χ0) is 19.3. The molecule has 3 heterocycles. The third kappa shape index (κ3) is 4.14. The van der Waals surface area contributed by atoms with Crippen LogP contribution in [0.25, 0.3) is 5.69 Å². The predicted octanol–water partition coefficient (Wildman–Crippen LogP) is 2.43. The average Bonchev–Trinajstić information content (AvgIpc) is 3.41. The minimum atomic E-state index is -0.0214. The molecular weight excluding hydrogens is 356 g/mol. The Kier molecular flexibility index (Phi) is 5.23. The van der Waals surface area contributed by atoms with Crippen LogP contribution in [0.1, 0.15) is 28.8 Å². The van der Waals surface area contributed by atoms with E-state index < -0.39 is 0 Å². The zero-order valence-electron chi connectivity index (χ0n) is 15.5. The molecule has 2 amide bonds. The van der Waals surface area contributed by atoms with Crippen LogP contribution in [-0.4, -0.2) is 45.6 Å². The number of furan rings is 1. The van der Waals surface area contributed by atoms with Crippen LogP contribution in [0.15, 0.2) is 65.7 Å². The summed E-state index contributed by atoms with van der Waals surface area (Å²) in [7, 11) is 0. The number of aromatic nitrogens is 2. The monoisotopic (exact) mass is 378 g/mol. The summed E-state index contributed by atoms with van der Waals surface area (Å²) in [6, 6.07) is 11.6. The Balaban J connectivity index is 1.26. The van der Waals surface area contributed by atoms with Gasteiger partial charge in [-0.05, 0) is 36.6 Å². The van der Waals surface area contributed by atoms with Crippen molar-refractivity contribution < 1.29 is 14.0 Å². The van der Waals surface area contributed by atoms with Crippen LogP contribution in [-0.2, 0) is 11.2 Å². The van der Waals surface area contributed by atoms with Gasteiger partial charge in [-0.25, -0.2) is 4.68 Å². The summed E-state index contributed by atoms with van der Waals surface area (Å²) in [6.45, 7) is 1.25. The van der Waals surface area contributed by atoms with Crippen molar-refractivity contribution in [2.75, 3.05) is 13.1 Å². The quantitative estimate of drug-likeness (QED) is 0.739. The van der Waals surface area contributed by atoms with E-state index in [0.717, 1.165) is 24.1 Å². The summed E-state index contributed by atoms with van der Waals surface area (Å²) in [5.74, 6) is -0.0425. The molecule has 0 atom stereocenters. The number of hydrogen-bond acceptors (Lipinski definition) is 4. The highest BCUT2D eigenvalue weighted by Gasteiger charge is 2.25. The topological polar surface area (TPSA) is 80.4 Å². The van der Waals surface area contributed by atoms with Crippen LogP contribution in [0.4, 0.5) is 0 Å². The minimum Gasteiger partial charge on any atom is -0.472 e. The number of nitrogens with zero attached hydrogens (tertiary/aromatic N) is 3.